The van der Waals surface area contributed by atoms with Gasteiger partial charge >= 0.3 is 5.91 Å². The summed E-state index contributed by atoms with van der Waals surface area (Å²) >= 11 is 0. The minimum atomic E-state index is -0.499. The van der Waals surface area contributed by atoms with E-state index in [1.165, 1.54) is 6.21 Å². The van der Waals surface area contributed by atoms with E-state index in [0.29, 0.717) is 17.1 Å². The van der Waals surface area contributed by atoms with Gasteiger partial charge in [-0.1, -0.05) is 72.8 Å². The molecule has 0 aliphatic rings. The van der Waals surface area contributed by atoms with Crippen molar-refractivity contribution in [3.05, 3.63) is 102 Å². The molecule has 1 amide bonds. The van der Waals surface area contributed by atoms with Crippen LogP contribution < -0.4 is 10.2 Å². The Labute approximate surface area is 180 Å². The second-order valence-electron chi connectivity index (χ2n) is 6.64. The summed E-state index contributed by atoms with van der Waals surface area (Å²) in [5.74, 6) is 0.202. The Morgan fingerprint density at radius 3 is 1.97 bits per heavy atom. The van der Waals surface area contributed by atoms with Crippen molar-refractivity contribution in [1.82, 2.24) is 15.4 Å². The van der Waals surface area contributed by atoms with Crippen molar-refractivity contribution in [2.75, 3.05) is 7.11 Å². The van der Waals surface area contributed by atoms with Crippen molar-refractivity contribution in [2.45, 2.75) is 0 Å². The molecule has 0 saturated carbocycles. The fraction of sp³-hybridized carbons (Fsp3) is 0.0400. The van der Waals surface area contributed by atoms with Gasteiger partial charge in [0.05, 0.1) is 24.7 Å². The van der Waals surface area contributed by atoms with Crippen LogP contribution >= 0.6 is 0 Å². The van der Waals surface area contributed by atoms with Crippen molar-refractivity contribution < 1.29 is 9.53 Å². The van der Waals surface area contributed by atoms with Crippen LogP contribution in [0.15, 0.2) is 96.1 Å². The van der Waals surface area contributed by atoms with Gasteiger partial charge in [0.2, 0.25) is 5.82 Å². The number of nitrogens with zero attached hydrogens (tertiary/aromatic N) is 3. The van der Waals surface area contributed by atoms with E-state index in [-0.39, 0.29) is 5.82 Å². The highest BCUT2D eigenvalue weighted by atomic mass is 16.5. The standard InChI is InChI=1S/C25H20N4O2/c1-31-23-15-9-8-14-20(23)17-26-29-25(30)24-27-21(18-10-4-2-5-11-18)16-22(28-24)19-12-6-3-7-13-19/h2-17H,1H3,(H,29,30)/b26-17+. The summed E-state index contributed by atoms with van der Waals surface area (Å²) in [4.78, 5) is 21.7. The number of para-hydroxylation sites is 1. The number of amides is 1. The van der Waals surface area contributed by atoms with E-state index in [9.17, 15) is 4.79 Å². The molecule has 6 heteroatoms. The van der Waals surface area contributed by atoms with Crippen molar-refractivity contribution in [1.29, 1.82) is 0 Å². The number of benzene rings is 3. The number of hydrogen-bond acceptors (Lipinski definition) is 5. The quantitative estimate of drug-likeness (QED) is 0.374. The molecule has 31 heavy (non-hydrogen) atoms. The maximum absolute atomic E-state index is 12.8. The van der Waals surface area contributed by atoms with E-state index in [1.807, 2.05) is 91.0 Å². The highest BCUT2D eigenvalue weighted by Crippen LogP contribution is 2.23. The second-order valence-corrected chi connectivity index (χ2v) is 6.64. The monoisotopic (exact) mass is 408 g/mol. The van der Waals surface area contributed by atoms with Crippen LogP contribution in [-0.2, 0) is 0 Å². The molecule has 0 saturated heterocycles. The first-order chi connectivity index (χ1) is 15.2. The van der Waals surface area contributed by atoms with Crippen LogP contribution in [0, 0.1) is 0 Å². The average Bonchev–Trinajstić information content (AvgIpc) is 2.85. The summed E-state index contributed by atoms with van der Waals surface area (Å²) < 4.78 is 5.29. The van der Waals surface area contributed by atoms with Crippen molar-refractivity contribution in [2.24, 2.45) is 5.10 Å². The molecule has 1 aromatic heterocycles. The Morgan fingerprint density at radius 2 is 1.39 bits per heavy atom. The fourth-order valence-electron chi connectivity index (χ4n) is 3.05. The SMILES string of the molecule is COc1ccccc1/C=N/NC(=O)c1nc(-c2ccccc2)cc(-c2ccccc2)n1. The third kappa shape index (κ3) is 4.82. The lowest BCUT2D eigenvalue weighted by Gasteiger charge is -2.08. The largest absolute Gasteiger partial charge is 0.496 e. The Balaban J connectivity index is 1.65. The van der Waals surface area contributed by atoms with Crippen molar-refractivity contribution in [3.8, 4) is 28.3 Å². The molecule has 4 rings (SSSR count). The smallest absolute Gasteiger partial charge is 0.309 e. The molecule has 1 N–H and O–H groups in total. The minimum absolute atomic E-state index is 0.0392. The lowest BCUT2D eigenvalue weighted by atomic mass is 10.1. The number of hydrogen-bond donors (Lipinski definition) is 1. The van der Waals surface area contributed by atoms with Gasteiger partial charge in [-0.25, -0.2) is 15.4 Å². The van der Waals surface area contributed by atoms with Crippen LogP contribution in [0.5, 0.6) is 5.75 Å². The normalized spacial score (nSPS) is 10.7. The molecule has 4 aromatic rings. The van der Waals surface area contributed by atoms with Gasteiger partial charge in [-0.05, 0) is 18.2 Å². The first-order valence-electron chi connectivity index (χ1n) is 9.71. The van der Waals surface area contributed by atoms with Gasteiger partial charge in [-0.15, -0.1) is 0 Å². The van der Waals surface area contributed by atoms with E-state index in [4.69, 9.17) is 4.74 Å². The Kier molecular flexibility index (Phi) is 6.09. The highest BCUT2D eigenvalue weighted by Gasteiger charge is 2.14. The fourth-order valence-corrected chi connectivity index (χ4v) is 3.05. The van der Waals surface area contributed by atoms with Crippen molar-refractivity contribution in [3.63, 3.8) is 0 Å². The summed E-state index contributed by atoms with van der Waals surface area (Å²) in [6.07, 6.45) is 1.52. The van der Waals surface area contributed by atoms with Gasteiger partial charge in [-0.2, -0.15) is 5.10 Å². The van der Waals surface area contributed by atoms with Gasteiger partial charge < -0.3 is 4.74 Å². The summed E-state index contributed by atoms with van der Waals surface area (Å²) in [6, 6.07) is 28.6. The average molecular weight is 408 g/mol. The predicted octanol–water partition coefficient (Wildman–Crippen LogP) is 4.58. The van der Waals surface area contributed by atoms with E-state index >= 15 is 0 Å². The molecule has 0 spiro atoms. The lowest BCUT2D eigenvalue weighted by molar-refractivity contribution is 0.0945. The molecule has 0 atom stereocenters. The Bertz CT molecular complexity index is 1150. The van der Waals surface area contributed by atoms with Crippen LogP contribution in [0.3, 0.4) is 0 Å². The van der Waals surface area contributed by atoms with E-state index < -0.39 is 5.91 Å². The topological polar surface area (TPSA) is 76.5 Å². The molecule has 0 fully saturated rings. The molecule has 1 heterocycles. The third-order valence-electron chi connectivity index (χ3n) is 4.58. The molecule has 0 unspecified atom stereocenters. The lowest BCUT2D eigenvalue weighted by Crippen LogP contribution is -2.21. The Morgan fingerprint density at radius 1 is 0.839 bits per heavy atom. The van der Waals surface area contributed by atoms with E-state index in [2.05, 4.69) is 20.5 Å². The number of carbonyl (C=O) groups excluding carboxylic acids is 1. The number of rotatable bonds is 6. The molecule has 3 aromatic carbocycles. The molecule has 0 radical (unpaired) electrons. The predicted molar refractivity (Wildman–Crippen MR) is 121 cm³/mol. The molecule has 6 nitrogen and oxygen atoms in total. The molecule has 0 aliphatic carbocycles. The van der Waals surface area contributed by atoms with E-state index in [1.54, 1.807) is 7.11 Å². The zero-order chi connectivity index (χ0) is 21.5. The maximum Gasteiger partial charge on any atom is 0.309 e. The minimum Gasteiger partial charge on any atom is -0.496 e. The third-order valence-corrected chi connectivity index (χ3v) is 4.58. The van der Waals surface area contributed by atoms with Gasteiger partial charge in [0.25, 0.3) is 0 Å². The maximum atomic E-state index is 12.8. The summed E-state index contributed by atoms with van der Waals surface area (Å²) in [5, 5.41) is 4.05. The Hall–Kier alpha value is -4.32. The first-order valence-corrected chi connectivity index (χ1v) is 9.71. The number of carbonyl (C=O) groups is 1. The molecule has 152 valence electrons. The van der Waals surface area contributed by atoms with Crippen LogP contribution in [-0.4, -0.2) is 29.2 Å². The second kappa shape index (κ2) is 9.45. The molecule has 0 aliphatic heterocycles. The van der Waals surface area contributed by atoms with Crippen LogP contribution in [0.2, 0.25) is 0 Å². The summed E-state index contributed by atoms with van der Waals surface area (Å²) in [5.41, 5.74) is 6.37. The van der Waals surface area contributed by atoms with Gasteiger partial charge in [0, 0.05) is 16.7 Å². The molecular weight excluding hydrogens is 388 g/mol. The van der Waals surface area contributed by atoms with Gasteiger partial charge in [0.15, 0.2) is 0 Å². The van der Waals surface area contributed by atoms with Crippen LogP contribution in [0.4, 0.5) is 0 Å². The first kappa shape index (κ1) is 20.0. The van der Waals surface area contributed by atoms with Crippen LogP contribution in [0.1, 0.15) is 16.2 Å². The van der Waals surface area contributed by atoms with Crippen molar-refractivity contribution >= 4 is 12.1 Å². The number of ether oxygens (including phenoxy) is 1. The zero-order valence-electron chi connectivity index (χ0n) is 16.9. The van der Waals surface area contributed by atoms with Gasteiger partial charge in [0.1, 0.15) is 5.75 Å². The number of methoxy groups -OCH3 is 1. The molecule has 0 bridgehead atoms. The highest BCUT2D eigenvalue weighted by molar-refractivity contribution is 5.93. The van der Waals surface area contributed by atoms with Gasteiger partial charge in [-0.3, -0.25) is 4.79 Å². The number of nitrogens with one attached hydrogen (secondary N) is 1. The molecular formula is C25H20N4O2. The summed E-state index contributed by atoms with van der Waals surface area (Å²) in [6.45, 7) is 0. The van der Waals surface area contributed by atoms with Crippen LogP contribution in [0.25, 0.3) is 22.5 Å². The number of aromatic nitrogens is 2. The van der Waals surface area contributed by atoms with E-state index in [0.717, 1.165) is 16.7 Å². The summed E-state index contributed by atoms with van der Waals surface area (Å²) in [7, 11) is 1.58. The number of hydrazone groups is 1. The zero-order valence-corrected chi connectivity index (χ0v) is 16.9.